The molecule has 1 aliphatic heterocycles. The van der Waals surface area contributed by atoms with Gasteiger partial charge in [0.2, 0.25) is 0 Å². The average molecular weight is 269 g/mol. The van der Waals surface area contributed by atoms with Crippen LogP contribution in [0.15, 0.2) is 18.5 Å². The number of carboxylic acids is 1. The summed E-state index contributed by atoms with van der Waals surface area (Å²) in [6.07, 6.45) is -1.53. The molecule has 0 amide bonds. The van der Waals surface area contributed by atoms with Crippen LogP contribution in [0.25, 0.3) is 0 Å². The van der Waals surface area contributed by atoms with Gasteiger partial charge in [-0.2, -0.15) is 4.57 Å². The highest BCUT2D eigenvalue weighted by Gasteiger charge is 2.47. The van der Waals surface area contributed by atoms with Crippen molar-refractivity contribution in [1.29, 1.82) is 0 Å². The molecule has 0 spiro atoms. The van der Waals surface area contributed by atoms with Gasteiger partial charge in [0.05, 0.1) is 18.1 Å². The molecule has 0 aliphatic carbocycles. The van der Waals surface area contributed by atoms with Gasteiger partial charge in [0.25, 0.3) is 6.23 Å². The molecule has 0 radical (unpaired) electrons. The lowest BCUT2D eigenvalue weighted by molar-refractivity contribution is -0.766. The normalized spacial score (nSPS) is 30.5. The van der Waals surface area contributed by atoms with Gasteiger partial charge in [-0.1, -0.05) is 0 Å². The fraction of sp³-hybridized carbons (Fsp3) is 0.500. The lowest BCUT2D eigenvalue weighted by atomic mass is 10.1. The first-order valence-electron chi connectivity index (χ1n) is 5.81. The first kappa shape index (κ1) is 13.9. The predicted molar refractivity (Wildman–Crippen MR) is 58.7 cm³/mol. The van der Waals surface area contributed by atoms with Gasteiger partial charge in [-0.25, -0.2) is 0 Å². The van der Waals surface area contributed by atoms with Gasteiger partial charge in [0.1, 0.15) is 12.2 Å². The van der Waals surface area contributed by atoms with Crippen LogP contribution in [-0.4, -0.2) is 46.2 Å². The summed E-state index contributed by atoms with van der Waals surface area (Å²) in [7, 11) is 0. The number of aromatic nitrogens is 1. The first-order chi connectivity index (χ1) is 8.95. The number of pyridine rings is 1. The predicted octanol–water partition coefficient (Wildman–Crippen LogP) is -2.74. The maximum Gasteiger partial charge on any atom is 0.292 e. The third-order valence-corrected chi connectivity index (χ3v) is 3.23. The van der Waals surface area contributed by atoms with E-state index in [-0.39, 0.29) is 5.56 Å². The van der Waals surface area contributed by atoms with Crippen LogP contribution in [0.2, 0.25) is 0 Å². The summed E-state index contributed by atoms with van der Waals surface area (Å²) < 4.78 is 6.63. The van der Waals surface area contributed by atoms with Crippen molar-refractivity contribution in [3.8, 4) is 0 Å². The molecule has 2 rings (SSSR count). The summed E-state index contributed by atoms with van der Waals surface area (Å²) >= 11 is 0. The minimum Gasteiger partial charge on any atom is -0.545 e. The Hall–Kier alpha value is -1.54. The van der Waals surface area contributed by atoms with E-state index in [2.05, 4.69) is 0 Å². The van der Waals surface area contributed by atoms with Crippen LogP contribution >= 0.6 is 0 Å². The molecule has 0 unspecified atom stereocenters. The van der Waals surface area contributed by atoms with Crippen LogP contribution in [0.3, 0.4) is 0 Å². The highest BCUT2D eigenvalue weighted by Crippen LogP contribution is 2.25. The number of aryl methyl sites for hydroxylation is 1. The van der Waals surface area contributed by atoms with Crippen molar-refractivity contribution in [2.24, 2.45) is 0 Å². The topological polar surface area (TPSA) is 114 Å². The zero-order valence-corrected chi connectivity index (χ0v) is 10.3. The minimum absolute atomic E-state index is 0.0276. The Bertz CT molecular complexity index is 491. The van der Waals surface area contributed by atoms with Crippen LogP contribution in [0.5, 0.6) is 0 Å². The molecule has 1 aromatic rings. The molecule has 0 saturated carbocycles. The van der Waals surface area contributed by atoms with Crippen LogP contribution in [-0.2, 0) is 4.74 Å². The standard InChI is InChI=1S/C12H15NO6/c1-6-2-3-13(4-7(6)12(17)18)11-10(16)9(15)8(5-14)19-11/h2-4,8-11,14-16H,5H2,1H3/t8-,9-,10-,11-/m1/s1. The van der Waals surface area contributed by atoms with Gasteiger partial charge in [-0.3, -0.25) is 0 Å². The Morgan fingerprint density at radius 1 is 1.47 bits per heavy atom. The molecular formula is C12H15NO6. The van der Waals surface area contributed by atoms with E-state index in [4.69, 9.17) is 9.84 Å². The van der Waals surface area contributed by atoms with Gasteiger partial charge < -0.3 is 30.0 Å². The maximum absolute atomic E-state index is 10.9. The van der Waals surface area contributed by atoms with Crippen molar-refractivity contribution in [2.45, 2.75) is 31.5 Å². The summed E-state index contributed by atoms with van der Waals surface area (Å²) in [6, 6.07) is 1.54. The van der Waals surface area contributed by atoms with Crippen molar-refractivity contribution >= 4 is 5.97 Å². The second-order valence-corrected chi connectivity index (χ2v) is 4.51. The number of hydrogen-bond acceptors (Lipinski definition) is 6. The molecule has 7 heteroatoms. The van der Waals surface area contributed by atoms with Crippen LogP contribution in [0, 0.1) is 6.92 Å². The zero-order chi connectivity index (χ0) is 14.2. The monoisotopic (exact) mass is 269 g/mol. The Morgan fingerprint density at radius 3 is 2.68 bits per heavy atom. The number of aliphatic hydroxyl groups excluding tert-OH is 3. The van der Waals surface area contributed by atoms with Crippen LogP contribution in [0.4, 0.5) is 0 Å². The zero-order valence-electron chi connectivity index (χ0n) is 10.3. The van der Waals surface area contributed by atoms with Crippen molar-refractivity contribution < 1.29 is 34.5 Å². The van der Waals surface area contributed by atoms with Gasteiger partial charge in [-0.05, 0) is 12.5 Å². The fourth-order valence-electron chi connectivity index (χ4n) is 2.08. The molecule has 0 bridgehead atoms. The van der Waals surface area contributed by atoms with Crippen molar-refractivity contribution in [1.82, 2.24) is 0 Å². The molecule has 104 valence electrons. The Kier molecular flexibility index (Phi) is 3.81. The van der Waals surface area contributed by atoms with E-state index >= 15 is 0 Å². The van der Waals surface area contributed by atoms with E-state index in [9.17, 15) is 20.1 Å². The summed E-state index contributed by atoms with van der Waals surface area (Å²) in [4.78, 5) is 10.9. The molecule has 1 aromatic heterocycles. The summed E-state index contributed by atoms with van der Waals surface area (Å²) in [5, 5.41) is 39.4. The number of ether oxygens (including phenoxy) is 1. The average Bonchev–Trinajstić information content (AvgIpc) is 2.66. The molecule has 1 aliphatic rings. The van der Waals surface area contributed by atoms with E-state index < -0.39 is 37.1 Å². The van der Waals surface area contributed by atoms with E-state index in [1.54, 1.807) is 13.0 Å². The molecule has 2 heterocycles. The first-order valence-corrected chi connectivity index (χ1v) is 5.81. The highest BCUT2D eigenvalue weighted by molar-refractivity contribution is 5.86. The van der Waals surface area contributed by atoms with E-state index in [1.807, 2.05) is 0 Å². The van der Waals surface area contributed by atoms with Crippen LogP contribution < -0.4 is 9.67 Å². The molecule has 1 saturated heterocycles. The van der Waals surface area contributed by atoms with Gasteiger partial charge in [0, 0.05) is 6.07 Å². The molecular weight excluding hydrogens is 254 g/mol. The number of nitrogens with zero attached hydrogens (tertiary/aromatic N) is 1. The van der Waals surface area contributed by atoms with Crippen molar-refractivity contribution in [3.63, 3.8) is 0 Å². The molecule has 4 atom stereocenters. The number of hydrogen-bond donors (Lipinski definition) is 3. The number of carbonyl (C=O) groups excluding carboxylic acids is 1. The highest BCUT2D eigenvalue weighted by atomic mass is 16.6. The maximum atomic E-state index is 10.9. The summed E-state index contributed by atoms with van der Waals surface area (Å²) in [5.41, 5.74) is 0.489. The number of carbonyl (C=O) groups is 1. The van der Waals surface area contributed by atoms with Gasteiger partial charge in [-0.15, -0.1) is 0 Å². The van der Waals surface area contributed by atoms with Gasteiger partial charge in [0.15, 0.2) is 18.5 Å². The lowest BCUT2D eigenvalue weighted by Gasteiger charge is -2.12. The fourth-order valence-corrected chi connectivity index (χ4v) is 2.08. The quantitative estimate of drug-likeness (QED) is 0.513. The molecule has 0 aromatic carbocycles. The molecule has 1 fully saturated rings. The van der Waals surface area contributed by atoms with E-state index in [0.29, 0.717) is 5.56 Å². The Morgan fingerprint density at radius 2 is 2.16 bits per heavy atom. The molecule has 3 N–H and O–H groups in total. The number of aliphatic hydroxyl groups is 3. The molecule has 7 nitrogen and oxygen atoms in total. The van der Waals surface area contributed by atoms with Gasteiger partial charge >= 0.3 is 0 Å². The third kappa shape index (κ3) is 2.45. The van der Waals surface area contributed by atoms with E-state index in [0.717, 1.165) is 0 Å². The van der Waals surface area contributed by atoms with Crippen LogP contribution in [0.1, 0.15) is 22.1 Å². The molecule has 19 heavy (non-hydrogen) atoms. The number of aromatic carboxylic acids is 1. The third-order valence-electron chi connectivity index (χ3n) is 3.23. The SMILES string of the molecule is Cc1cc[n+]([C@@H]2O[C@H](CO)[C@@H](O)[C@H]2O)cc1C(=O)[O-]. The number of rotatable bonds is 3. The largest absolute Gasteiger partial charge is 0.545 e. The minimum atomic E-state index is -1.33. The second kappa shape index (κ2) is 5.22. The summed E-state index contributed by atoms with van der Waals surface area (Å²) in [6.45, 7) is 1.18. The Labute approximate surface area is 109 Å². The Balaban J connectivity index is 2.33. The summed E-state index contributed by atoms with van der Waals surface area (Å²) in [5.74, 6) is -1.33. The van der Waals surface area contributed by atoms with Crippen molar-refractivity contribution in [3.05, 3.63) is 29.6 Å². The smallest absolute Gasteiger partial charge is 0.292 e. The number of carboxylic acid groups (broad SMARTS) is 1. The van der Waals surface area contributed by atoms with E-state index in [1.165, 1.54) is 17.0 Å². The lowest BCUT2D eigenvalue weighted by Crippen LogP contribution is -2.47. The second-order valence-electron chi connectivity index (χ2n) is 4.51. The van der Waals surface area contributed by atoms with Crippen molar-refractivity contribution in [2.75, 3.05) is 6.61 Å².